The number of benzene rings is 2. The van der Waals surface area contributed by atoms with Gasteiger partial charge in [0.1, 0.15) is 16.5 Å². The lowest BCUT2D eigenvalue weighted by Gasteiger charge is -2.37. The van der Waals surface area contributed by atoms with Crippen LogP contribution in [0.25, 0.3) is 0 Å². The summed E-state index contributed by atoms with van der Waals surface area (Å²) in [5, 5.41) is 11.0. The second-order valence-corrected chi connectivity index (χ2v) is 8.92. The minimum Gasteiger partial charge on any atom is -0.372 e. The lowest BCUT2D eigenvalue weighted by molar-refractivity contribution is -0.385. The molecule has 0 aromatic heterocycles. The molecular weight excluding hydrogens is 420 g/mol. The zero-order valence-electron chi connectivity index (χ0n) is 16.6. The second-order valence-electron chi connectivity index (χ2n) is 7.27. The number of hydrogen-bond donors (Lipinski definition) is 1. The highest BCUT2D eigenvalue weighted by molar-refractivity contribution is 7.92. The van der Waals surface area contributed by atoms with Crippen molar-refractivity contribution in [1.82, 2.24) is 0 Å². The van der Waals surface area contributed by atoms with Gasteiger partial charge in [-0.15, -0.1) is 0 Å². The molecule has 0 unspecified atom stereocenters. The highest BCUT2D eigenvalue weighted by Gasteiger charge is 2.27. The highest BCUT2D eigenvalue weighted by Crippen LogP contribution is 2.29. The van der Waals surface area contributed by atoms with Gasteiger partial charge in [0.05, 0.1) is 28.5 Å². The van der Waals surface area contributed by atoms with Crippen LogP contribution in [-0.2, 0) is 14.8 Å². The number of non-ortho nitro benzene ring substituents is 1. The van der Waals surface area contributed by atoms with E-state index in [1.165, 1.54) is 19.1 Å². The van der Waals surface area contributed by atoms with Crippen LogP contribution in [0.15, 0.2) is 35.2 Å². The molecule has 1 N–H and O–H groups in total. The summed E-state index contributed by atoms with van der Waals surface area (Å²) in [5.41, 5.74) is -0.598. The summed E-state index contributed by atoms with van der Waals surface area (Å²) in [4.78, 5) is 11.1. The molecule has 1 fully saturated rings. The molecule has 0 radical (unpaired) electrons. The molecule has 1 aliphatic heterocycles. The largest absolute Gasteiger partial charge is 0.372 e. The number of aryl methyl sites for hydroxylation is 1. The molecule has 3 rings (SSSR count). The Morgan fingerprint density at radius 3 is 2.37 bits per heavy atom. The van der Waals surface area contributed by atoms with E-state index in [1.54, 1.807) is 4.90 Å². The fourth-order valence-electron chi connectivity index (χ4n) is 3.43. The van der Waals surface area contributed by atoms with Crippen molar-refractivity contribution in [2.75, 3.05) is 22.7 Å². The first-order valence-electron chi connectivity index (χ1n) is 9.15. The van der Waals surface area contributed by atoms with Crippen molar-refractivity contribution in [1.29, 1.82) is 0 Å². The molecule has 162 valence electrons. The molecule has 1 heterocycles. The zero-order chi connectivity index (χ0) is 22.2. The van der Waals surface area contributed by atoms with Crippen molar-refractivity contribution in [3.8, 4) is 0 Å². The van der Waals surface area contributed by atoms with Crippen molar-refractivity contribution < 1.29 is 26.9 Å². The smallest absolute Gasteiger partial charge is 0.271 e. The summed E-state index contributed by atoms with van der Waals surface area (Å²) >= 11 is 0. The van der Waals surface area contributed by atoms with Gasteiger partial charge in [0.2, 0.25) is 0 Å². The molecule has 8 nitrogen and oxygen atoms in total. The molecule has 2 aromatic carbocycles. The molecule has 1 saturated heterocycles. The lowest BCUT2D eigenvalue weighted by atomic mass is 10.2. The third-order valence-electron chi connectivity index (χ3n) is 4.67. The zero-order valence-corrected chi connectivity index (χ0v) is 17.4. The molecule has 2 aromatic rings. The molecule has 0 aliphatic carbocycles. The fourth-order valence-corrected chi connectivity index (χ4v) is 4.65. The van der Waals surface area contributed by atoms with Crippen molar-refractivity contribution in [3.63, 3.8) is 0 Å². The molecule has 0 spiro atoms. The third-order valence-corrected chi connectivity index (χ3v) is 6.05. The number of nitro groups is 1. The Kier molecular flexibility index (Phi) is 5.95. The van der Waals surface area contributed by atoms with Crippen LogP contribution in [0, 0.1) is 28.7 Å². The minimum atomic E-state index is -4.52. The molecular formula is C19H21F2N3O5S. The topological polar surface area (TPSA) is 102 Å². The predicted molar refractivity (Wildman–Crippen MR) is 107 cm³/mol. The molecule has 0 amide bonds. The summed E-state index contributed by atoms with van der Waals surface area (Å²) in [5.74, 6) is -1.77. The number of ether oxygens (including phenoxy) is 1. The second kappa shape index (κ2) is 8.15. The third kappa shape index (κ3) is 4.51. The molecule has 0 saturated carbocycles. The maximum absolute atomic E-state index is 14.7. The minimum absolute atomic E-state index is 0.0913. The van der Waals surface area contributed by atoms with Gasteiger partial charge in [0.25, 0.3) is 15.7 Å². The van der Waals surface area contributed by atoms with E-state index >= 15 is 0 Å². The highest BCUT2D eigenvalue weighted by atomic mass is 32.2. The van der Waals surface area contributed by atoms with Crippen molar-refractivity contribution >= 4 is 27.1 Å². The van der Waals surface area contributed by atoms with E-state index in [4.69, 9.17) is 4.74 Å². The average Bonchev–Trinajstić information content (AvgIpc) is 2.62. The van der Waals surface area contributed by atoms with Crippen LogP contribution in [0.2, 0.25) is 0 Å². The van der Waals surface area contributed by atoms with Crippen molar-refractivity contribution in [3.05, 3.63) is 57.6 Å². The van der Waals surface area contributed by atoms with Crippen molar-refractivity contribution in [2.45, 2.75) is 37.9 Å². The van der Waals surface area contributed by atoms with Gasteiger partial charge >= 0.3 is 0 Å². The Morgan fingerprint density at radius 2 is 1.80 bits per heavy atom. The van der Waals surface area contributed by atoms with Crippen LogP contribution in [0.4, 0.5) is 25.8 Å². The van der Waals surface area contributed by atoms with E-state index in [0.29, 0.717) is 19.2 Å². The van der Waals surface area contributed by atoms with E-state index in [-0.39, 0.29) is 29.1 Å². The number of nitro benzene ring substituents is 1. The van der Waals surface area contributed by atoms with Gasteiger partial charge in [0, 0.05) is 31.3 Å². The Bertz CT molecular complexity index is 1080. The molecule has 0 bridgehead atoms. The normalized spacial score (nSPS) is 19.6. The van der Waals surface area contributed by atoms with Crippen LogP contribution < -0.4 is 9.62 Å². The Morgan fingerprint density at radius 1 is 1.17 bits per heavy atom. The first-order chi connectivity index (χ1) is 14.0. The van der Waals surface area contributed by atoms with Crippen LogP contribution in [-0.4, -0.2) is 38.6 Å². The van der Waals surface area contributed by atoms with Crippen molar-refractivity contribution in [2.24, 2.45) is 0 Å². The SMILES string of the molecule is Cc1cc([N+](=O)[O-])cc(S(=O)(=O)Nc2ccc(N3C[C@@H](C)O[C@H](C)C3)c(F)c2)c1F. The first-order valence-corrected chi connectivity index (χ1v) is 10.6. The number of anilines is 2. The Balaban J connectivity index is 1.90. The number of nitrogens with zero attached hydrogens (tertiary/aromatic N) is 2. The quantitative estimate of drug-likeness (QED) is 0.562. The van der Waals surface area contributed by atoms with E-state index in [0.717, 1.165) is 12.1 Å². The molecule has 1 aliphatic rings. The van der Waals surface area contributed by atoms with Crippen LogP contribution >= 0.6 is 0 Å². The van der Waals surface area contributed by atoms with Gasteiger partial charge in [0.15, 0.2) is 0 Å². The summed E-state index contributed by atoms with van der Waals surface area (Å²) in [6.07, 6.45) is -0.183. The Labute approximate surface area is 172 Å². The number of nitrogens with one attached hydrogen (secondary N) is 1. The lowest BCUT2D eigenvalue weighted by Crippen LogP contribution is -2.45. The van der Waals surface area contributed by atoms with Crippen LogP contribution in [0.3, 0.4) is 0 Å². The molecule has 30 heavy (non-hydrogen) atoms. The first kappa shape index (κ1) is 21.9. The maximum atomic E-state index is 14.7. The molecule has 2 atom stereocenters. The van der Waals surface area contributed by atoms with E-state index in [1.807, 2.05) is 13.8 Å². The van der Waals surface area contributed by atoms with Crippen LogP contribution in [0.1, 0.15) is 19.4 Å². The van der Waals surface area contributed by atoms with Gasteiger partial charge in [-0.1, -0.05) is 0 Å². The van der Waals surface area contributed by atoms with Gasteiger partial charge in [-0.25, -0.2) is 17.2 Å². The van der Waals surface area contributed by atoms with Gasteiger partial charge in [-0.05, 0) is 38.5 Å². The van der Waals surface area contributed by atoms with E-state index in [9.17, 15) is 27.3 Å². The van der Waals surface area contributed by atoms with Gasteiger partial charge in [-0.2, -0.15) is 0 Å². The van der Waals surface area contributed by atoms with E-state index < -0.39 is 37.2 Å². The summed E-state index contributed by atoms with van der Waals surface area (Å²) < 4.78 is 62.0. The number of hydrogen-bond acceptors (Lipinski definition) is 6. The van der Waals surface area contributed by atoms with Gasteiger partial charge in [-0.3, -0.25) is 14.8 Å². The van der Waals surface area contributed by atoms with Crippen LogP contribution in [0.5, 0.6) is 0 Å². The monoisotopic (exact) mass is 441 g/mol. The number of sulfonamides is 1. The fraction of sp³-hybridized carbons (Fsp3) is 0.368. The summed E-state index contributed by atoms with van der Waals surface area (Å²) in [6.45, 7) is 5.92. The predicted octanol–water partition coefficient (Wildman–Crippen LogP) is 3.60. The summed E-state index contributed by atoms with van der Waals surface area (Å²) in [7, 11) is -4.52. The number of rotatable bonds is 5. The number of morpholine rings is 1. The Hall–Kier alpha value is -2.79. The van der Waals surface area contributed by atoms with Gasteiger partial charge < -0.3 is 9.64 Å². The van der Waals surface area contributed by atoms with E-state index in [2.05, 4.69) is 4.72 Å². The standard InChI is InChI=1S/C19H21F2N3O5S/c1-11-6-15(24(25)26)8-18(19(11)21)30(27,28)22-14-4-5-17(16(20)7-14)23-9-12(2)29-13(3)10-23/h4-8,12-13,22H,9-10H2,1-3H3/t12-,13-/m1/s1. The molecule has 11 heteroatoms. The number of halogens is 2. The summed E-state index contributed by atoms with van der Waals surface area (Å²) in [6, 6.07) is 5.33. The maximum Gasteiger partial charge on any atom is 0.271 e. The average molecular weight is 441 g/mol.